The number of nitrogens with one attached hydrogen (secondary N) is 1. The largest absolute Gasteiger partial charge is 0.486 e. The third-order valence-electron chi connectivity index (χ3n) is 5.88. The summed E-state index contributed by atoms with van der Waals surface area (Å²) in [7, 11) is 1.99. The van der Waals surface area contributed by atoms with Crippen molar-refractivity contribution in [1.29, 1.82) is 0 Å². The molecular weight excluding hydrogens is 344 g/mol. The van der Waals surface area contributed by atoms with Crippen LogP contribution in [0.15, 0.2) is 18.2 Å². The van der Waals surface area contributed by atoms with Gasteiger partial charge in [-0.05, 0) is 50.4 Å². The fourth-order valence-corrected chi connectivity index (χ4v) is 4.56. The molecule has 2 aliphatic heterocycles. The van der Waals surface area contributed by atoms with Gasteiger partial charge in [-0.2, -0.15) is 0 Å². The van der Waals surface area contributed by atoms with Crippen molar-refractivity contribution in [2.75, 3.05) is 40.0 Å². The average molecular weight is 374 g/mol. The van der Waals surface area contributed by atoms with Gasteiger partial charge in [0.15, 0.2) is 11.5 Å². The lowest BCUT2D eigenvalue weighted by Gasteiger charge is -2.33. The molecule has 1 saturated carbocycles. The zero-order valence-corrected chi connectivity index (χ0v) is 16.2. The lowest BCUT2D eigenvalue weighted by atomic mass is 9.87. The van der Waals surface area contributed by atoms with Gasteiger partial charge in [0.05, 0.1) is 18.2 Å². The molecule has 148 valence electrons. The molecule has 0 bridgehead atoms. The summed E-state index contributed by atoms with van der Waals surface area (Å²) in [5, 5.41) is 3.35. The van der Waals surface area contributed by atoms with Crippen LogP contribution >= 0.6 is 0 Å². The Morgan fingerprint density at radius 1 is 1.15 bits per heavy atom. The maximum Gasteiger partial charge on any atom is 0.234 e. The number of amides is 1. The van der Waals surface area contributed by atoms with E-state index in [-0.39, 0.29) is 17.6 Å². The van der Waals surface area contributed by atoms with Gasteiger partial charge in [-0.3, -0.25) is 9.69 Å². The van der Waals surface area contributed by atoms with Crippen LogP contribution in [0.1, 0.15) is 44.1 Å². The number of hydrogen-bond donors (Lipinski definition) is 1. The van der Waals surface area contributed by atoms with Crippen LogP contribution in [0.5, 0.6) is 11.5 Å². The fraction of sp³-hybridized carbons (Fsp3) is 0.667. The molecule has 1 aromatic rings. The smallest absolute Gasteiger partial charge is 0.234 e. The Kier molecular flexibility index (Phi) is 5.55. The summed E-state index contributed by atoms with van der Waals surface area (Å²) < 4.78 is 17.1. The topological polar surface area (TPSA) is 60.0 Å². The van der Waals surface area contributed by atoms with Crippen LogP contribution in [0.2, 0.25) is 0 Å². The van der Waals surface area contributed by atoms with Crippen molar-refractivity contribution < 1.29 is 19.0 Å². The number of fused-ring (bicyclic) bond motifs is 1. The van der Waals surface area contributed by atoms with E-state index in [1.807, 2.05) is 13.1 Å². The standard InChI is InChI=1S/C21H30N2O4/c1-23(14-17-5-4-10-25-17)15-20(24)22-21(8-2-3-9-21)16-6-7-18-19(13-16)27-12-11-26-18/h6-7,13,17H,2-5,8-12,14-15H2,1H3,(H,22,24). The van der Waals surface area contributed by atoms with Crippen LogP contribution in [0, 0.1) is 0 Å². The maximum absolute atomic E-state index is 12.8. The predicted molar refractivity (Wildman–Crippen MR) is 102 cm³/mol. The monoisotopic (exact) mass is 374 g/mol. The highest BCUT2D eigenvalue weighted by atomic mass is 16.6. The lowest BCUT2D eigenvalue weighted by Crippen LogP contribution is -2.48. The Bertz CT molecular complexity index is 666. The highest BCUT2D eigenvalue weighted by Crippen LogP contribution is 2.42. The van der Waals surface area contributed by atoms with Crippen molar-refractivity contribution in [3.63, 3.8) is 0 Å². The van der Waals surface area contributed by atoms with Gasteiger partial charge >= 0.3 is 0 Å². The zero-order chi connectivity index (χ0) is 18.7. The van der Waals surface area contributed by atoms with E-state index in [9.17, 15) is 4.79 Å². The van der Waals surface area contributed by atoms with Crippen molar-refractivity contribution in [1.82, 2.24) is 10.2 Å². The molecule has 6 nitrogen and oxygen atoms in total. The molecule has 2 fully saturated rings. The first-order valence-corrected chi connectivity index (χ1v) is 10.2. The first-order valence-electron chi connectivity index (χ1n) is 10.2. The minimum Gasteiger partial charge on any atom is -0.486 e. The van der Waals surface area contributed by atoms with E-state index in [1.54, 1.807) is 0 Å². The first-order chi connectivity index (χ1) is 13.1. The second-order valence-electron chi connectivity index (χ2n) is 8.03. The molecule has 1 saturated heterocycles. The number of rotatable bonds is 6. The van der Waals surface area contributed by atoms with Crippen LogP contribution in [0.3, 0.4) is 0 Å². The summed E-state index contributed by atoms with van der Waals surface area (Å²) in [6, 6.07) is 6.10. The van der Waals surface area contributed by atoms with Gasteiger partial charge in [-0.25, -0.2) is 0 Å². The Morgan fingerprint density at radius 2 is 1.93 bits per heavy atom. The SMILES string of the molecule is CN(CC(=O)NC1(c2ccc3c(c2)OCCO3)CCCC1)CC1CCCO1. The molecule has 1 amide bonds. The summed E-state index contributed by atoms with van der Waals surface area (Å²) in [4.78, 5) is 14.9. The third kappa shape index (κ3) is 4.22. The van der Waals surface area contributed by atoms with Gasteiger partial charge in [0.25, 0.3) is 0 Å². The van der Waals surface area contributed by atoms with Gasteiger partial charge in [0, 0.05) is 13.2 Å². The van der Waals surface area contributed by atoms with Crippen molar-refractivity contribution >= 4 is 5.91 Å². The van der Waals surface area contributed by atoms with E-state index < -0.39 is 0 Å². The van der Waals surface area contributed by atoms with Crippen LogP contribution in [-0.2, 0) is 15.1 Å². The Hall–Kier alpha value is -1.79. The quantitative estimate of drug-likeness (QED) is 0.829. The van der Waals surface area contributed by atoms with Gasteiger partial charge in [0.2, 0.25) is 5.91 Å². The molecule has 0 aromatic heterocycles. The van der Waals surface area contributed by atoms with E-state index in [2.05, 4.69) is 22.3 Å². The number of hydrogen-bond acceptors (Lipinski definition) is 5. The van der Waals surface area contributed by atoms with E-state index in [0.29, 0.717) is 19.8 Å². The molecular formula is C21H30N2O4. The van der Waals surface area contributed by atoms with E-state index in [1.165, 1.54) is 0 Å². The summed E-state index contributed by atoms with van der Waals surface area (Å²) >= 11 is 0. The van der Waals surface area contributed by atoms with Crippen LogP contribution < -0.4 is 14.8 Å². The second kappa shape index (κ2) is 8.07. The van der Waals surface area contributed by atoms with Gasteiger partial charge < -0.3 is 19.5 Å². The number of carbonyl (C=O) groups is 1. The normalized spacial score (nSPS) is 23.6. The van der Waals surface area contributed by atoms with Crippen molar-refractivity contribution in [2.24, 2.45) is 0 Å². The third-order valence-corrected chi connectivity index (χ3v) is 5.88. The molecule has 6 heteroatoms. The highest BCUT2D eigenvalue weighted by molar-refractivity contribution is 5.79. The fourth-order valence-electron chi connectivity index (χ4n) is 4.56. The molecule has 0 spiro atoms. The molecule has 4 rings (SSSR count). The Balaban J connectivity index is 1.43. The van der Waals surface area contributed by atoms with E-state index in [4.69, 9.17) is 14.2 Å². The average Bonchev–Trinajstić information content (AvgIpc) is 3.34. The molecule has 0 radical (unpaired) electrons. The molecule has 2 heterocycles. The molecule has 1 unspecified atom stereocenters. The molecule has 1 aromatic carbocycles. The molecule has 1 aliphatic carbocycles. The number of carbonyl (C=O) groups excluding carboxylic acids is 1. The summed E-state index contributed by atoms with van der Waals surface area (Å²) in [6.07, 6.45) is 6.66. The summed E-state index contributed by atoms with van der Waals surface area (Å²) in [5.41, 5.74) is 0.830. The Morgan fingerprint density at radius 3 is 2.67 bits per heavy atom. The predicted octanol–water partition coefficient (Wildman–Crippen LogP) is 2.45. The van der Waals surface area contributed by atoms with Crippen LogP contribution in [-0.4, -0.2) is 56.9 Å². The van der Waals surface area contributed by atoms with Gasteiger partial charge in [0.1, 0.15) is 13.2 Å². The summed E-state index contributed by atoms with van der Waals surface area (Å²) in [5.74, 6) is 1.66. The summed E-state index contributed by atoms with van der Waals surface area (Å²) in [6.45, 7) is 3.21. The molecule has 1 N–H and O–H groups in total. The highest BCUT2D eigenvalue weighted by Gasteiger charge is 2.38. The molecule has 1 atom stereocenters. The number of nitrogens with zero attached hydrogens (tertiary/aromatic N) is 1. The first kappa shape index (κ1) is 18.6. The molecule has 27 heavy (non-hydrogen) atoms. The van der Waals surface area contributed by atoms with Gasteiger partial charge in [-0.1, -0.05) is 18.9 Å². The van der Waals surface area contributed by atoms with Crippen LogP contribution in [0.4, 0.5) is 0 Å². The molecule has 3 aliphatic rings. The number of benzene rings is 1. The minimum atomic E-state index is -0.294. The maximum atomic E-state index is 12.8. The number of likely N-dealkylation sites (N-methyl/N-ethyl adjacent to an activating group) is 1. The zero-order valence-electron chi connectivity index (χ0n) is 16.2. The minimum absolute atomic E-state index is 0.0762. The van der Waals surface area contributed by atoms with Crippen LogP contribution in [0.25, 0.3) is 0 Å². The van der Waals surface area contributed by atoms with E-state index >= 15 is 0 Å². The second-order valence-corrected chi connectivity index (χ2v) is 8.03. The van der Waals surface area contributed by atoms with E-state index in [0.717, 1.165) is 68.7 Å². The lowest BCUT2D eigenvalue weighted by molar-refractivity contribution is -0.124. The Labute approximate surface area is 161 Å². The van der Waals surface area contributed by atoms with Crippen molar-refractivity contribution in [2.45, 2.75) is 50.2 Å². The van der Waals surface area contributed by atoms with Crippen molar-refractivity contribution in [3.05, 3.63) is 23.8 Å². The van der Waals surface area contributed by atoms with Gasteiger partial charge in [-0.15, -0.1) is 0 Å². The number of ether oxygens (including phenoxy) is 3. The van der Waals surface area contributed by atoms with Crippen molar-refractivity contribution in [3.8, 4) is 11.5 Å².